The van der Waals surface area contributed by atoms with Crippen molar-refractivity contribution in [3.63, 3.8) is 0 Å². The van der Waals surface area contributed by atoms with Gasteiger partial charge in [0.05, 0.1) is 18.5 Å². The zero-order valence-corrected chi connectivity index (χ0v) is 28.2. The zero-order valence-electron chi connectivity index (χ0n) is 27.4. The smallest absolute Gasteiger partial charge is 0.143 e. The van der Waals surface area contributed by atoms with E-state index in [9.17, 15) is 0 Å². The minimum absolute atomic E-state index is 0.0747. The fraction of sp³-hybridized carbons (Fsp3) is 0.0667. The summed E-state index contributed by atoms with van der Waals surface area (Å²) in [4.78, 5) is 0. The SMILES string of the molecule is c1ccc(C2NC(c3ccc4c(c3)oc3ccccc34)NC(c3cccc4c3sc3ccc(-c5cccc6c5oc5ccccc56)cc34)N2)cc1. The van der Waals surface area contributed by atoms with E-state index in [1.165, 1.54) is 31.3 Å². The van der Waals surface area contributed by atoms with Gasteiger partial charge in [-0.25, -0.2) is 0 Å². The summed E-state index contributed by atoms with van der Waals surface area (Å²) >= 11 is 1.85. The molecule has 0 aliphatic carbocycles. The van der Waals surface area contributed by atoms with Crippen LogP contribution in [0.25, 0.3) is 75.2 Å². The molecular weight excluding hydrogens is 647 g/mol. The highest BCUT2D eigenvalue weighted by molar-refractivity contribution is 7.26. The fourth-order valence-corrected chi connectivity index (χ4v) is 9.19. The number of fused-ring (bicyclic) bond motifs is 9. The molecule has 3 atom stereocenters. The Bertz CT molecular complexity index is 2940. The number of nitrogens with one attached hydrogen (secondary N) is 3. The minimum Gasteiger partial charge on any atom is -0.456 e. The van der Waals surface area contributed by atoms with Crippen LogP contribution in [0.1, 0.15) is 35.2 Å². The summed E-state index contributed by atoms with van der Waals surface area (Å²) in [5, 5.41) is 18.7. The summed E-state index contributed by atoms with van der Waals surface area (Å²) in [6, 6.07) is 53.7. The van der Waals surface area contributed by atoms with Crippen LogP contribution in [0, 0.1) is 0 Å². The van der Waals surface area contributed by atoms with Gasteiger partial charge in [0.1, 0.15) is 22.3 Å². The molecule has 3 aromatic heterocycles. The maximum atomic E-state index is 6.42. The third-order valence-corrected chi connectivity index (χ3v) is 11.7. The van der Waals surface area contributed by atoms with Crippen molar-refractivity contribution >= 4 is 75.4 Å². The molecule has 10 aromatic rings. The summed E-state index contributed by atoms with van der Waals surface area (Å²) in [5.74, 6) is 0. The van der Waals surface area contributed by atoms with Crippen LogP contribution in [0.5, 0.6) is 0 Å². The van der Waals surface area contributed by atoms with Gasteiger partial charge in [-0.2, -0.15) is 0 Å². The number of rotatable bonds is 4. The molecule has 51 heavy (non-hydrogen) atoms. The first-order chi connectivity index (χ1) is 25.2. The third kappa shape index (κ3) is 4.65. The summed E-state index contributed by atoms with van der Waals surface area (Å²) in [5.41, 5.74) is 9.45. The topological polar surface area (TPSA) is 62.4 Å². The lowest BCUT2D eigenvalue weighted by Gasteiger charge is -2.39. The van der Waals surface area contributed by atoms with E-state index < -0.39 is 0 Å². The van der Waals surface area contributed by atoms with Gasteiger partial charge in [-0.05, 0) is 47.0 Å². The molecule has 11 rings (SSSR count). The number of thiophene rings is 1. The van der Waals surface area contributed by atoms with Crippen molar-refractivity contribution in [2.75, 3.05) is 0 Å². The van der Waals surface area contributed by atoms with E-state index in [0.29, 0.717) is 0 Å². The highest BCUT2D eigenvalue weighted by Crippen LogP contribution is 2.43. The Kier molecular flexibility index (Phi) is 6.48. The first-order valence-electron chi connectivity index (χ1n) is 17.4. The van der Waals surface area contributed by atoms with E-state index in [0.717, 1.165) is 60.6 Å². The van der Waals surface area contributed by atoms with E-state index in [1.54, 1.807) is 0 Å². The first kappa shape index (κ1) is 29.0. The molecule has 7 aromatic carbocycles. The average Bonchev–Trinajstić information content (AvgIpc) is 3.88. The molecule has 0 radical (unpaired) electrons. The summed E-state index contributed by atoms with van der Waals surface area (Å²) < 4.78 is 15.3. The van der Waals surface area contributed by atoms with Crippen molar-refractivity contribution in [3.8, 4) is 11.1 Å². The van der Waals surface area contributed by atoms with Gasteiger partial charge in [-0.15, -0.1) is 11.3 Å². The van der Waals surface area contributed by atoms with Crippen molar-refractivity contribution in [2.24, 2.45) is 0 Å². The molecular formula is C45H31N3O2S. The Morgan fingerprint density at radius 3 is 1.96 bits per heavy atom. The van der Waals surface area contributed by atoms with Gasteiger partial charge in [-0.3, -0.25) is 16.0 Å². The van der Waals surface area contributed by atoms with Crippen LogP contribution in [0.2, 0.25) is 0 Å². The molecule has 1 fully saturated rings. The van der Waals surface area contributed by atoms with E-state index in [-0.39, 0.29) is 18.5 Å². The molecule has 1 aliphatic heterocycles. The Labute approximate surface area is 297 Å². The van der Waals surface area contributed by atoms with E-state index in [4.69, 9.17) is 8.83 Å². The quantitative estimate of drug-likeness (QED) is 0.173. The lowest BCUT2D eigenvalue weighted by atomic mass is 9.99. The molecule has 4 heterocycles. The van der Waals surface area contributed by atoms with Crippen LogP contribution in [0.3, 0.4) is 0 Å². The molecule has 0 spiro atoms. The van der Waals surface area contributed by atoms with Crippen LogP contribution < -0.4 is 16.0 Å². The molecule has 6 heteroatoms. The molecule has 1 saturated heterocycles. The molecule has 0 bridgehead atoms. The number of para-hydroxylation sites is 3. The first-order valence-corrected chi connectivity index (χ1v) is 18.2. The minimum atomic E-state index is -0.125. The molecule has 244 valence electrons. The molecule has 5 nitrogen and oxygen atoms in total. The second-order valence-electron chi connectivity index (χ2n) is 13.4. The normalized spacial score (nSPS) is 18.2. The van der Waals surface area contributed by atoms with Crippen LogP contribution in [0.15, 0.2) is 160 Å². The second-order valence-corrected chi connectivity index (χ2v) is 14.4. The molecule has 3 unspecified atom stereocenters. The van der Waals surface area contributed by atoms with Crippen LogP contribution in [0.4, 0.5) is 0 Å². The summed E-state index contributed by atoms with van der Waals surface area (Å²) in [6.07, 6.45) is -0.317. The van der Waals surface area contributed by atoms with Gasteiger partial charge in [0.25, 0.3) is 0 Å². The summed E-state index contributed by atoms with van der Waals surface area (Å²) in [6.45, 7) is 0. The molecule has 3 N–H and O–H groups in total. The van der Waals surface area contributed by atoms with Crippen molar-refractivity contribution in [2.45, 2.75) is 18.5 Å². The molecule has 0 saturated carbocycles. The Balaban J connectivity index is 1.01. The average molecular weight is 678 g/mol. The van der Waals surface area contributed by atoms with Crippen LogP contribution in [-0.2, 0) is 0 Å². The maximum absolute atomic E-state index is 6.42. The Hall–Kier alpha value is -5.76. The fourth-order valence-electron chi connectivity index (χ4n) is 7.97. The van der Waals surface area contributed by atoms with Crippen molar-refractivity contribution < 1.29 is 8.83 Å². The second kappa shape index (κ2) is 11.4. The highest BCUT2D eigenvalue weighted by atomic mass is 32.1. The number of hydrogen-bond donors (Lipinski definition) is 3. The number of furan rings is 2. The molecule has 1 aliphatic rings. The Morgan fingerprint density at radius 1 is 0.431 bits per heavy atom. The standard InChI is InChI=1S/C45H31N3O2S/c1-2-10-26(11-3-1)43-46-44(28-20-22-32-30-12-4-6-18-37(30)49-39(32)25-28)48-45(47-43)35-17-9-16-34-36-24-27(21-23-40(36)51-42(34)35)29-14-8-15-33-31-13-5-7-19-38(31)50-41(29)33/h1-25,43-48H. The van der Waals surface area contributed by atoms with Gasteiger partial charge < -0.3 is 8.83 Å². The number of hydrogen-bond acceptors (Lipinski definition) is 6. The van der Waals surface area contributed by atoms with Gasteiger partial charge in [0, 0.05) is 52.8 Å². The van der Waals surface area contributed by atoms with E-state index in [1.807, 2.05) is 35.6 Å². The highest BCUT2D eigenvalue weighted by Gasteiger charge is 2.31. The van der Waals surface area contributed by atoms with E-state index >= 15 is 0 Å². The molecule has 0 amide bonds. The monoisotopic (exact) mass is 677 g/mol. The van der Waals surface area contributed by atoms with Crippen molar-refractivity contribution in [3.05, 3.63) is 168 Å². The van der Waals surface area contributed by atoms with Crippen molar-refractivity contribution in [1.82, 2.24) is 16.0 Å². The van der Waals surface area contributed by atoms with Crippen molar-refractivity contribution in [1.29, 1.82) is 0 Å². The predicted octanol–water partition coefficient (Wildman–Crippen LogP) is 11.7. The predicted molar refractivity (Wildman–Crippen MR) is 210 cm³/mol. The van der Waals surface area contributed by atoms with Crippen LogP contribution >= 0.6 is 11.3 Å². The lowest BCUT2D eigenvalue weighted by molar-refractivity contribution is 0.204. The van der Waals surface area contributed by atoms with Gasteiger partial charge >= 0.3 is 0 Å². The van der Waals surface area contributed by atoms with Crippen LogP contribution in [-0.4, -0.2) is 0 Å². The van der Waals surface area contributed by atoms with E-state index in [2.05, 4.69) is 143 Å². The zero-order chi connectivity index (χ0) is 33.5. The maximum Gasteiger partial charge on any atom is 0.143 e. The summed E-state index contributed by atoms with van der Waals surface area (Å²) in [7, 11) is 0. The number of benzene rings is 7. The van der Waals surface area contributed by atoms with Gasteiger partial charge in [0.15, 0.2) is 0 Å². The largest absolute Gasteiger partial charge is 0.456 e. The lowest BCUT2D eigenvalue weighted by Crippen LogP contribution is -2.54. The van der Waals surface area contributed by atoms with Gasteiger partial charge in [0.2, 0.25) is 0 Å². The van der Waals surface area contributed by atoms with Gasteiger partial charge in [-0.1, -0.05) is 121 Å². The third-order valence-electron chi connectivity index (χ3n) is 10.4. The Morgan fingerprint density at radius 2 is 1.10 bits per heavy atom.